The summed E-state index contributed by atoms with van der Waals surface area (Å²) in [6.45, 7) is 3.30. The molecular formula is C15H17NO. The first kappa shape index (κ1) is 11.7. The summed E-state index contributed by atoms with van der Waals surface area (Å²) in [7, 11) is 0. The van der Waals surface area contributed by atoms with E-state index in [-0.39, 0.29) is 0 Å². The van der Waals surface area contributed by atoms with Crippen LogP contribution in [0.15, 0.2) is 60.7 Å². The highest BCUT2D eigenvalue weighted by Gasteiger charge is 2.07. The second kappa shape index (κ2) is 6.06. The summed E-state index contributed by atoms with van der Waals surface area (Å²) in [5, 5.41) is 0. The molecule has 0 aromatic heterocycles. The molecule has 0 amide bonds. The Bertz CT molecular complexity index is 388. The van der Waals surface area contributed by atoms with Crippen molar-refractivity contribution in [2.75, 3.05) is 18.2 Å². The molecule has 0 unspecified atom stereocenters. The maximum atomic E-state index is 5.53. The van der Waals surface area contributed by atoms with Gasteiger partial charge >= 0.3 is 0 Å². The Hall–Kier alpha value is -1.80. The molecule has 0 spiro atoms. The third-order valence-electron chi connectivity index (χ3n) is 2.56. The Kier molecular flexibility index (Phi) is 4.17. The monoisotopic (exact) mass is 227 g/mol. The number of hydrogen-bond acceptors (Lipinski definition) is 2. The zero-order valence-corrected chi connectivity index (χ0v) is 10.0. The molecule has 2 rings (SSSR count). The number of anilines is 2. The largest absolute Gasteiger partial charge is 0.361 e. The normalized spacial score (nSPS) is 10.2. The second-order valence-corrected chi connectivity index (χ2v) is 3.72. The van der Waals surface area contributed by atoms with Crippen LogP contribution in [0, 0.1) is 0 Å². The van der Waals surface area contributed by atoms with Crippen LogP contribution in [-0.4, -0.2) is 13.3 Å². The molecule has 0 saturated heterocycles. The van der Waals surface area contributed by atoms with Gasteiger partial charge in [0.05, 0.1) is 0 Å². The molecule has 0 aliphatic rings. The number of nitrogens with zero attached hydrogens (tertiary/aromatic N) is 1. The van der Waals surface area contributed by atoms with Gasteiger partial charge in [-0.05, 0) is 31.2 Å². The average molecular weight is 227 g/mol. The topological polar surface area (TPSA) is 12.5 Å². The molecule has 0 atom stereocenters. The zero-order chi connectivity index (χ0) is 11.9. The Morgan fingerprint density at radius 3 is 1.71 bits per heavy atom. The van der Waals surface area contributed by atoms with Crippen LogP contribution in [0.3, 0.4) is 0 Å². The van der Waals surface area contributed by atoms with E-state index in [1.54, 1.807) is 0 Å². The summed E-state index contributed by atoms with van der Waals surface area (Å²) >= 11 is 0. The Balaban J connectivity index is 2.26. The van der Waals surface area contributed by atoms with Gasteiger partial charge in [0.25, 0.3) is 0 Å². The van der Waals surface area contributed by atoms with Crippen molar-refractivity contribution in [1.29, 1.82) is 0 Å². The van der Waals surface area contributed by atoms with Gasteiger partial charge in [-0.1, -0.05) is 36.4 Å². The lowest BCUT2D eigenvalue weighted by atomic mass is 10.2. The lowest BCUT2D eigenvalue weighted by molar-refractivity contribution is 0.154. The average Bonchev–Trinajstić information content (AvgIpc) is 2.42. The van der Waals surface area contributed by atoms with Crippen molar-refractivity contribution in [3.8, 4) is 0 Å². The maximum Gasteiger partial charge on any atom is 0.123 e. The number of hydrogen-bond donors (Lipinski definition) is 0. The molecule has 0 saturated carbocycles. The Morgan fingerprint density at radius 1 is 0.824 bits per heavy atom. The molecular weight excluding hydrogens is 210 g/mol. The van der Waals surface area contributed by atoms with Crippen molar-refractivity contribution in [2.45, 2.75) is 6.92 Å². The van der Waals surface area contributed by atoms with E-state index in [1.165, 1.54) is 0 Å². The highest BCUT2D eigenvalue weighted by Crippen LogP contribution is 2.24. The smallest absolute Gasteiger partial charge is 0.123 e. The van der Waals surface area contributed by atoms with Gasteiger partial charge in [0, 0.05) is 18.0 Å². The highest BCUT2D eigenvalue weighted by molar-refractivity contribution is 5.62. The van der Waals surface area contributed by atoms with E-state index in [0.29, 0.717) is 6.73 Å². The van der Waals surface area contributed by atoms with Crippen molar-refractivity contribution < 1.29 is 4.74 Å². The van der Waals surface area contributed by atoms with E-state index in [4.69, 9.17) is 4.74 Å². The van der Waals surface area contributed by atoms with Gasteiger partial charge in [0.2, 0.25) is 0 Å². The number of rotatable bonds is 5. The van der Waals surface area contributed by atoms with Gasteiger partial charge < -0.3 is 9.64 Å². The quantitative estimate of drug-likeness (QED) is 0.720. The fraction of sp³-hybridized carbons (Fsp3) is 0.200. The summed E-state index contributed by atoms with van der Waals surface area (Å²) in [6, 6.07) is 20.6. The van der Waals surface area contributed by atoms with Gasteiger partial charge in [-0.2, -0.15) is 0 Å². The lowest BCUT2D eigenvalue weighted by Gasteiger charge is -2.24. The van der Waals surface area contributed by atoms with Crippen molar-refractivity contribution in [3.05, 3.63) is 60.7 Å². The SMILES string of the molecule is CCOCN(c1ccccc1)c1ccccc1. The summed E-state index contributed by atoms with van der Waals surface area (Å²) in [4.78, 5) is 2.16. The van der Waals surface area contributed by atoms with E-state index in [2.05, 4.69) is 29.2 Å². The number of ether oxygens (including phenoxy) is 1. The van der Waals surface area contributed by atoms with Crippen molar-refractivity contribution in [2.24, 2.45) is 0 Å². The van der Waals surface area contributed by atoms with E-state index in [0.717, 1.165) is 18.0 Å². The molecule has 0 fully saturated rings. The molecule has 0 N–H and O–H groups in total. The molecule has 0 aliphatic heterocycles. The van der Waals surface area contributed by atoms with Crippen LogP contribution in [0.2, 0.25) is 0 Å². The molecule has 2 nitrogen and oxygen atoms in total. The van der Waals surface area contributed by atoms with Crippen LogP contribution in [0.5, 0.6) is 0 Å². The van der Waals surface area contributed by atoms with Gasteiger partial charge in [-0.15, -0.1) is 0 Å². The summed E-state index contributed by atoms with van der Waals surface area (Å²) in [5.41, 5.74) is 2.29. The predicted octanol–water partition coefficient (Wildman–Crippen LogP) is 3.82. The first-order valence-electron chi connectivity index (χ1n) is 5.87. The fourth-order valence-electron chi connectivity index (χ4n) is 1.70. The zero-order valence-electron chi connectivity index (χ0n) is 10.0. The standard InChI is InChI=1S/C15H17NO/c1-2-17-13-16(14-9-5-3-6-10-14)15-11-7-4-8-12-15/h3-12H,2,13H2,1H3. The molecule has 2 heteroatoms. The molecule has 2 aromatic carbocycles. The molecule has 0 radical (unpaired) electrons. The Morgan fingerprint density at radius 2 is 1.29 bits per heavy atom. The maximum absolute atomic E-state index is 5.53. The molecule has 0 aliphatic carbocycles. The molecule has 0 bridgehead atoms. The van der Waals surface area contributed by atoms with Gasteiger partial charge in [-0.3, -0.25) is 0 Å². The minimum absolute atomic E-state index is 0.574. The predicted molar refractivity (Wildman–Crippen MR) is 71.5 cm³/mol. The van der Waals surface area contributed by atoms with E-state index in [1.807, 2.05) is 43.3 Å². The number of benzene rings is 2. The third-order valence-corrected chi connectivity index (χ3v) is 2.56. The lowest BCUT2D eigenvalue weighted by Crippen LogP contribution is -2.20. The third kappa shape index (κ3) is 3.08. The molecule has 88 valence electrons. The van der Waals surface area contributed by atoms with E-state index in [9.17, 15) is 0 Å². The van der Waals surface area contributed by atoms with Crippen LogP contribution >= 0.6 is 0 Å². The van der Waals surface area contributed by atoms with Crippen molar-refractivity contribution in [1.82, 2.24) is 0 Å². The van der Waals surface area contributed by atoms with Crippen LogP contribution in [0.1, 0.15) is 6.92 Å². The van der Waals surface area contributed by atoms with E-state index >= 15 is 0 Å². The van der Waals surface area contributed by atoms with Gasteiger partial charge in [-0.25, -0.2) is 0 Å². The van der Waals surface area contributed by atoms with Crippen LogP contribution < -0.4 is 4.90 Å². The number of para-hydroxylation sites is 2. The summed E-state index contributed by atoms with van der Waals surface area (Å²) in [6.07, 6.45) is 0. The van der Waals surface area contributed by atoms with Crippen LogP contribution in [-0.2, 0) is 4.74 Å². The molecule has 0 heterocycles. The van der Waals surface area contributed by atoms with Gasteiger partial charge in [0.15, 0.2) is 0 Å². The minimum atomic E-state index is 0.574. The summed E-state index contributed by atoms with van der Waals surface area (Å²) in [5.74, 6) is 0. The first-order chi connectivity index (χ1) is 8.42. The van der Waals surface area contributed by atoms with Crippen molar-refractivity contribution in [3.63, 3.8) is 0 Å². The first-order valence-corrected chi connectivity index (χ1v) is 5.87. The molecule has 2 aromatic rings. The van der Waals surface area contributed by atoms with E-state index < -0.39 is 0 Å². The second-order valence-electron chi connectivity index (χ2n) is 3.72. The molecule has 17 heavy (non-hydrogen) atoms. The fourth-order valence-corrected chi connectivity index (χ4v) is 1.70. The van der Waals surface area contributed by atoms with Gasteiger partial charge in [0.1, 0.15) is 6.73 Å². The minimum Gasteiger partial charge on any atom is -0.361 e. The van der Waals surface area contributed by atoms with Crippen LogP contribution in [0.4, 0.5) is 11.4 Å². The van der Waals surface area contributed by atoms with Crippen LogP contribution in [0.25, 0.3) is 0 Å². The summed E-state index contributed by atoms with van der Waals surface area (Å²) < 4.78 is 5.53. The highest BCUT2D eigenvalue weighted by atomic mass is 16.5. The Labute approximate surface area is 102 Å². The van der Waals surface area contributed by atoms with Crippen molar-refractivity contribution >= 4 is 11.4 Å².